The summed E-state index contributed by atoms with van der Waals surface area (Å²) in [5.41, 5.74) is 3.39. The number of hydrogen-bond donors (Lipinski definition) is 1. The number of halogens is 1. The Hall–Kier alpha value is -3.29. The first-order valence-electron chi connectivity index (χ1n) is 11.0. The van der Waals surface area contributed by atoms with Crippen molar-refractivity contribution in [2.24, 2.45) is 0 Å². The molecule has 3 aromatic carbocycles. The predicted octanol–water partition coefficient (Wildman–Crippen LogP) is 5.78. The number of rotatable bonds is 8. The Labute approximate surface area is 207 Å². The van der Waals surface area contributed by atoms with Crippen LogP contribution in [0, 0.1) is 0 Å². The second-order valence-electron chi connectivity index (χ2n) is 8.03. The first-order valence-corrected chi connectivity index (χ1v) is 12.4. The second-order valence-corrected chi connectivity index (χ2v) is 9.38. The van der Waals surface area contributed by atoms with Gasteiger partial charge in [0.25, 0.3) is 5.91 Å². The third-order valence-electron chi connectivity index (χ3n) is 5.57. The first-order chi connectivity index (χ1) is 16.6. The number of methoxy groups -OCH3 is 1. The lowest BCUT2D eigenvalue weighted by molar-refractivity contribution is 0.0951. The van der Waals surface area contributed by atoms with Crippen LogP contribution in [0.25, 0.3) is 17.1 Å². The number of carbonyl (C=O) groups excluding carboxylic acids is 1. The summed E-state index contributed by atoms with van der Waals surface area (Å²) in [6.45, 7) is 0. The number of thioether (sulfide) groups is 1. The van der Waals surface area contributed by atoms with Crippen LogP contribution < -0.4 is 10.1 Å². The van der Waals surface area contributed by atoms with Gasteiger partial charge in [0.2, 0.25) is 0 Å². The molecule has 0 bridgehead atoms. The Kier molecular flexibility index (Phi) is 6.56. The molecule has 5 rings (SSSR count). The molecule has 0 saturated heterocycles. The van der Waals surface area contributed by atoms with Crippen LogP contribution in [0.2, 0.25) is 5.02 Å². The second kappa shape index (κ2) is 9.91. The molecule has 4 aromatic rings. The summed E-state index contributed by atoms with van der Waals surface area (Å²) in [6, 6.07) is 23.4. The zero-order chi connectivity index (χ0) is 23.5. The van der Waals surface area contributed by atoms with Crippen molar-refractivity contribution in [3.63, 3.8) is 0 Å². The summed E-state index contributed by atoms with van der Waals surface area (Å²) in [4.78, 5) is 12.3. The number of benzene rings is 3. The van der Waals surface area contributed by atoms with Crippen molar-refractivity contribution in [3.05, 3.63) is 88.9 Å². The molecule has 172 valence electrons. The van der Waals surface area contributed by atoms with E-state index in [0.717, 1.165) is 34.8 Å². The number of aromatic nitrogens is 3. The molecule has 1 amide bonds. The van der Waals surface area contributed by atoms with Gasteiger partial charge in [0.15, 0.2) is 11.0 Å². The molecule has 0 unspecified atom stereocenters. The summed E-state index contributed by atoms with van der Waals surface area (Å²) >= 11 is 8.06. The normalized spacial score (nSPS) is 13.0. The van der Waals surface area contributed by atoms with Gasteiger partial charge in [-0.1, -0.05) is 59.8 Å². The van der Waals surface area contributed by atoms with Crippen LogP contribution in [-0.4, -0.2) is 33.8 Å². The van der Waals surface area contributed by atoms with Crippen LogP contribution in [-0.2, 0) is 5.75 Å². The van der Waals surface area contributed by atoms with E-state index in [2.05, 4.69) is 15.5 Å². The Balaban J connectivity index is 1.43. The van der Waals surface area contributed by atoms with E-state index in [1.807, 2.05) is 77.4 Å². The lowest BCUT2D eigenvalue weighted by Crippen LogP contribution is -2.25. The van der Waals surface area contributed by atoms with E-state index in [4.69, 9.17) is 16.3 Å². The standard InChI is InChI=1S/C26H23ClN4O2S/c1-33-23-9-5-4-8-22(23)31-24(20-6-2-3-7-21(20)27)29-30-26(31)34-16-17-10-12-18(13-11-17)25(32)28-19-14-15-19/h2-13,19H,14-16H2,1H3,(H,28,32). The molecule has 1 aliphatic rings. The third-order valence-corrected chi connectivity index (χ3v) is 6.90. The molecular formula is C26H23ClN4O2S. The van der Waals surface area contributed by atoms with Crippen LogP contribution >= 0.6 is 23.4 Å². The van der Waals surface area contributed by atoms with Gasteiger partial charge in [-0.05, 0) is 54.8 Å². The van der Waals surface area contributed by atoms with Crippen LogP contribution in [0.5, 0.6) is 5.75 Å². The predicted molar refractivity (Wildman–Crippen MR) is 135 cm³/mol. The molecule has 0 radical (unpaired) electrons. The molecule has 1 aromatic heterocycles. The average molecular weight is 491 g/mol. The summed E-state index contributed by atoms with van der Waals surface area (Å²) in [5, 5.41) is 13.3. The molecule has 8 heteroatoms. The number of ether oxygens (including phenoxy) is 1. The minimum absolute atomic E-state index is 0.0120. The quantitative estimate of drug-likeness (QED) is 0.317. The Bertz CT molecular complexity index is 1320. The highest BCUT2D eigenvalue weighted by Gasteiger charge is 2.24. The molecule has 1 N–H and O–H groups in total. The van der Waals surface area contributed by atoms with Crippen molar-refractivity contribution in [3.8, 4) is 22.8 Å². The lowest BCUT2D eigenvalue weighted by Gasteiger charge is -2.14. The molecule has 1 saturated carbocycles. The van der Waals surface area contributed by atoms with Crippen LogP contribution in [0.15, 0.2) is 78.0 Å². The van der Waals surface area contributed by atoms with Gasteiger partial charge in [0.05, 0.1) is 17.8 Å². The van der Waals surface area contributed by atoms with E-state index in [1.54, 1.807) is 18.9 Å². The van der Waals surface area contributed by atoms with E-state index < -0.39 is 0 Å². The van der Waals surface area contributed by atoms with E-state index in [9.17, 15) is 4.79 Å². The summed E-state index contributed by atoms with van der Waals surface area (Å²) in [5.74, 6) is 2.01. The van der Waals surface area contributed by atoms with Gasteiger partial charge in [0, 0.05) is 22.9 Å². The summed E-state index contributed by atoms with van der Waals surface area (Å²) < 4.78 is 7.59. The average Bonchev–Trinajstić information content (AvgIpc) is 3.59. The maximum Gasteiger partial charge on any atom is 0.251 e. The summed E-state index contributed by atoms with van der Waals surface area (Å²) in [7, 11) is 1.64. The molecule has 0 atom stereocenters. The lowest BCUT2D eigenvalue weighted by atomic mass is 10.1. The first kappa shape index (κ1) is 22.5. The Morgan fingerprint density at radius 2 is 1.79 bits per heavy atom. The molecule has 0 spiro atoms. The largest absolute Gasteiger partial charge is 0.495 e. The van der Waals surface area contributed by atoms with Gasteiger partial charge in [-0.15, -0.1) is 10.2 Å². The van der Waals surface area contributed by atoms with Crippen LogP contribution in [0.4, 0.5) is 0 Å². The van der Waals surface area contributed by atoms with Gasteiger partial charge >= 0.3 is 0 Å². The maximum absolute atomic E-state index is 12.3. The number of nitrogens with zero attached hydrogens (tertiary/aromatic N) is 3. The molecule has 34 heavy (non-hydrogen) atoms. The van der Waals surface area contributed by atoms with Crippen LogP contribution in [0.1, 0.15) is 28.8 Å². The smallest absolute Gasteiger partial charge is 0.251 e. The third kappa shape index (κ3) is 4.81. The van der Waals surface area contributed by atoms with Crippen molar-refractivity contribution in [2.75, 3.05) is 7.11 Å². The number of amides is 1. The molecule has 1 aliphatic carbocycles. The van der Waals surface area contributed by atoms with Crippen molar-refractivity contribution in [2.45, 2.75) is 29.8 Å². The van der Waals surface area contributed by atoms with Crippen LogP contribution in [0.3, 0.4) is 0 Å². The molecule has 1 fully saturated rings. The fraction of sp³-hybridized carbons (Fsp3) is 0.192. The van der Waals surface area contributed by atoms with Gasteiger partial charge in [-0.3, -0.25) is 9.36 Å². The highest BCUT2D eigenvalue weighted by molar-refractivity contribution is 7.98. The molecule has 0 aliphatic heterocycles. The minimum Gasteiger partial charge on any atom is -0.495 e. The van der Waals surface area contributed by atoms with Gasteiger partial charge in [-0.2, -0.15) is 0 Å². The fourth-order valence-corrected chi connectivity index (χ4v) is 4.73. The molecular weight excluding hydrogens is 468 g/mol. The number of para-hydroxylation sites is 2. The fourth-order valence-electron chi connectivity index (χ4n) is 3.61. The van der Waals surface area contributed by atoms with E-state index in [1.165, 1.54) is 0 Å². The monoisotopic (exact) mass is 490 g/mol. The maximum atomic E-state index is 12.3. The topological polar surface area (TPSA) is 69.0 Å². The van der Waals surface area contributed by atoms with Crippen molar-refractivity contribution in [1.29, 1.82) is 0 Å². The Morgan fingerprint density at radius 1 is 1.06 bits per heavy atom. The van der Waals surface area contributed by atoms with Gasteiger partial charge < -0.3 is 10.1 Å². The Morgan fingerprint density at radius 3 is 2.53 bits per heavy atom. The van der Waals surface area contributed by atoms with Gasteiger partial charge in [-0.25, -0.2) is 0 Å². The number of hydrogen-bond acceptors (Lipinski definition) is 5. The SMILES string of the molecule is COc1ccccc1-n1c(SCc2ccc(C(=O)NC3CC3)cc2)nnc1-c1ccccc1Cl. The van der Waals surface area contributed by atoms with E-state index in [0.29, 0.717) is 34.0 Å². The van der Waals surface area contributed by atoms with E-state index >= 15 is 0 Å². The van der Waals surface area contributed by atoms with Crippen molar-refractivity contribution >= 4 is 29.3 Å². The summed E-state index contributed by atoms with van der Waals surface area (Å²) in [6.07, 6.45) is 2.15. The zero-order valence-corrected chi connectivity index (χ0v) is 20.1. The highest BCUT2D eigenvalue weighted by Crippen LogP contribution is 2.35. The highest BCUT2D eigenvalue weighted by atomic mass is 35.5. The van der Waals surface area contributed by atoms with Gasteiger partial charge in [0.1, 0.15) is 5.75 Å². The van der Waals surface area contributed by atoms with Crippen molar-refractivity contribution < 1.29 is 9.53 Å². The van der Waals surface area contributed by atoms with Crippen molar-refractivity contribution in [1.82, 2.24) is 20.1 Å². The van der Waals surface area contributed by atoms with E-state index in [-0.39, 0.29) is 5.91 Å². The zero-order valence-electron chi connectivity index (χ0n) is 18.6. The minimum atomic E-state index is -0.0120. The number of nitrogens with one attached hydrogen (secondary N) is 1. The number of carbonyl (C=O) groups is 1. The molecule has 1 heterocycles. The molecule has 6 nitrogen and oxygen atoms in total.